The van der Waals surface area contributed by atoms with Crippen LogP contribution in [0.25, 0.3) is 15.5 Å². The lowest BCUT2D eigenvalue weighted by atomic mass is 10.1. The zero-order chi connectivity index (χ0) is 15.0. The van der Waals surface area contributed by atoms with Crippen molar-refractivity contribution in [1.82, 2.24) is 19.8 Å². The molecule has 0 fully saturated rings. The summed E-state index contributed by atoms with van der Waals surface area (Å²) in [7, 11) is 0. The number of amides is 1. The van der Waals surface area contributed by atoms with E-state index in [4.69, 9.17) is 0 Å². The molecule has 0 aliphatic heterocycles. The molecule has 2 heterocycles. The molecular weight excluding hydrogens is 286 g/mol. The van der Waals surface area contributed by atoms with Gasteiger partial charge in [-0.2, -0.15) is 9.61 Å². The van der Waals surface area contributed by atoms with Gasteiger partial charge in [-0.1, -0.05) is 30.4 Å². The summed E-state index contributed by atoms with van der Waals surface area (Å²) in [5.41, 5.74) is 2.79. The molecule has 1 aromatic carbocycles. The summed E-state index contributed by atoms with van der Waals surface area (Å²) in [6, 6.07) is 5.91. The van der Waals surface area contributed by atoms with Crippen LogP contribution in [0, 0.1) is 6.92 Å². The maximum absolute atomic E-state index is 11.2. The van der Waals surface area contributed by atoms with Gasteiger partial charge < -0.3 is 5.32 Å². The molecule has 0 radical (unpaired) electrons. The third-order valence-electron chi connectivity index (χ3n) is 3.17. The third-order valence-corrected chi connectivity index (χ3v) is 4.11. The zero-order valence-corrected chi connectivity index (χ0v) is 12.9. The number of benzene rings is 1. The standard InChI is InChI=1S/C14H15N5OS/c1-4-12-16-17-14-19(12)18-13(21-14)10-6-5-8(2)11(7-10)15-9(3)20/h5-7H,4H2,1-3H3,(H,15,20). The van der Waals surface area contributed by atoms with Gasteiger partial charge >= 0.3 is 0 Å². The second-order valence-electron chi connectivity index (χ2n) is 4.78. The second-order valence-corrected chi connectivity index (χ2v) is 5.74. The Bertz CT molecular complexity index is 820. The van der Waals surface area contributed by atoms with Gasteiger partial charge in [-0.25, -0.2) is 0 Å². The predicted molar refractivity (Wildman–Crippen MR) is 82.5 cm³/mol. The molecule has 0 saturated heterocycles. The molecule has 108 valence electrons. The van der Waals surface area contributed by atoms with Crippen LogP contribution < -0.4 is 5.32 Å². The molecule has 3 rings (SSSR count). The number of carbonyl (C=O) groups is 1. The van der Waals surface area contributed by atoms with Crippen molar-refractivity contribution in [1.29, 1.82) is 0 Å². The van der Waals surface area contributed by atoms with Crippen molar-refractivity contribution in [2.24, 2.45) is 0 Å². The van der Waals surface area contributed by atoms with Crippen LogP contribution in [0.2, 0.25) is 0 Å². The molecule has 0 aliphatic rings. The van der Waals surface area contributed by atoms with Gasteiger partial charge in [0.1, 0.15) is 5.01 Å². The fourth-order valence-corrected chi connectivity index (χ4v) is 2.93. The van der Waals surface area contributed by atoms with E-state index in [9.17, 15) is 4.79 Å². The number of rotatable bonds is 3. The van der Waals surface area contributed by atoms with Crippen molar-refractivity contribution in [2.45, 2.75) is 27.2 Å². The van der Waals surface area contributed by atoms with E-state index in [1.54, 1.807) is 4.52 Å². The van der Waals surface area contributed by atoms with Crippen molar-refractivity contribution < 1.29 is 4.79 Å². The van der Waals surface area contributed by atoms with E-state index in [-0.39, 0.29) is 5.91 Å². The van der Waals surface area contributed by atoms with E-state index in [2.05, 4.69) is 20.6 Å². The van der Waals surface area contributed by atoms with Gasteiger partial charge in [-0.05, 0) is 18.6 Å². The molecule has 0 bridgehead atoms. The Morgan fingerprint density at radius 2 is 2.19 bits per heavy atom. The summed E-state index contributed by atoms with van der Waals surface area (Å²) in [4.78, 5) is 12.0. The van der Waals surface area contributed by atoms with Crippen molar-refractivity contribution in [3.63, 3.8) is 0 Å². The summed E-state index contributed by atoms with van der Waals surface area (Å²) in [6.07, 6.45) is 0.787. The first-order valence-electron chi connectivity index (χ1n) is 6.68. The van der Waals surface area contributed by atoms with Gasteiger partial charge in [-0.15, -0.1) is 10.2 Å². The summed E-state index contributed by atoms with van der Waals surface area (Å²) in [5, 5.41) is 16.5. The molecule has 0 aliphatic carbocycles. The van der Waals surface area contributed by atoms with Crippen molar-refractivity contribution in [2.75, 3.05) is 5.32 Å². The van der Waals surface area contributed by atoms with Crippen LogP contribution in [0.15, 0.2) is 18.2 Å². The van der Waals surface area contributed by atoms with E-state index < -0.39 is 0 Å². The fourth-order valence-electron chi connectivity index (χ4n) is 2.07. The second kappa shape index (κ2) is 5.25. The average Bonchev–Trinajstić information content (AvgIpc) is 3.00. The molecule has 0 saturated carbocycles. The van der Waals surface area contributed by atoms with Gasteiger partial charge in [0.15, 0.2) is 5.82 Å². The maximum Gasteiger partial charge on any atom is 0.234 e. The van der Waals surface area contributed by atoms with E-state index in [0.29, 0.717) is 0 Å². The van der Waals surface area contributed by atoms with E-state index >= 15 is 0 Å². The minimum Gasteiger partial charge on any atom is -0.326 e. The first kappa shape index (κ1) is 13.7. The smallest absolute Gasteiger partial charge is 0.234 e. The molecule has 7 heteroatoms. The largest absolute Gasteiger partial charge is 0.326 e. The Balaban J connectivity index is 2.05. The molecule has 1 amide bonds. The number of carbonyl (C=O) groups excluding carboxylic acids is 1. The first-order chi connectivity index (χ1) is 10.1. The van der Waals surface area contributed by atoms with Crippen molar-refractivity contribution >= 4 is 27.9 Å². The summed E-state index contributed by atoms with van der Waals surface area (Å²) in [6.45, 7) is 5.49. The minimum absolute atomic E-state index is 0.0818. The Labute approximate surface area is 125 Å². The lowest BCUT2D eigenvalue weighted by Crippen LogP contribution is -2.07. The predicted octanol–water partition coefficient (Wildman–Crippen LogP) is 2.68. The van der Waals surface area contributed by atoms with Crippen LogP contribution in [0.5, 0.6) is 0 Å². The zero-order valence-electron chi connectivity index (χ0n) is 12.0. The topological polar surface area (TPSA) is 72.2 Å². The quantitative estimate of drug-likeness (QED) is 0.807. The van der Waals surface area contributed by atoms with Crippen LogP contribution >= 0.6 is 11.3 Å². The van der Waals surface area contributed by atoms with Gasteiger partial charge in [-0.3, -0.25) is 4.79 Å². The number of hydrogen-bond donors (Lipinski definition) is 1. The molecule has 21 heavy (non-hydrogen) atoms. The Morgan fingerprint density at radius 1 is 1.38 bits per heavy atom. The maximum atomic E-state index is 11.2. The third kappa shape index (κ3) is 2.52. The average molecular weight is 301 g/mol. The highest BCUT2D eigenvalue weighted by Crippen LogP contribution is 2.29. The highest BCUT2D eigenvalue weighted by Gasteiger charge is 2.13. The molecule has 3 aromatic rings. The van der Waals surface area contributed by atoms with Crippen LogP contribution in [0.4, 0.5) is 5.69 Å². The SMILES string of the molecule is CCc1nnc2sc(-c3ccc(C)c(NC(C)=O)c3)nn12. The molecule has 6 nitrogen and oxygen atoms in total. The summed E-state index contributed by atoms with van der Waals surface area (Å²) < 4.78 is 1.78. The first-order valence-corrected chi connectivity index (χ1v) is 7.50. The van der Waals surface area contributed by atoms with Gasteiger partial charge in [0.25, 0.3) is 0 Å². The van der Waals surface area contributed by atoms with Gasteiger partial charge in [0, 0.05) is 24.6 Å². The van der Waals surface area contributed by atoms with Crippen LogP contribution in [-0.4, -0.2) is 25.7 Å². The summed E-state index contributed by atoms with van der Waals surface area (Å²) in [5.74, 6) is 0.767. The summed E-state index contributed by atoms with van der Waals surface area (Å²) >= 11 is 1.49. The molecule has 1 N–H and O–H groups in total. The monoisotopic (exact) mass is 301 g/mol. The Kier molecular flexibility index (Phi) is 3.42. The normalized spacial score (nSPS) is 11.0. The van der Waals surface area contributed by atoms with E-state index in [1.165, 1.54) is 18.3 Å². The molecule has 0 atom stereocenters. The number of aromatic nitrogens is 4. The number of nitrogens with zero attached hydrogens (tertiary/aromatic N) is 4. The van der Waals surface area contributed by atoms with Crippen LogP contribution in [-0.2, 0) is 11.2 Å². The van der Waals surface area contributed by atoms with Crippen LogP contribution in [0.3, 0.4) is 0 Å². The van der Waals surface area contributed by atoms with Crippen LogP contribution in [0.1, 0.15) is 25.2 Å². The van der Waals surface area contributed by atoms with Crippen molar-refractivity contribution in [3.8, 4) is 10.6 Å². The lowest BCUT2D eigenvalue weighted by Gasteiger charge is -2.07. The lowest BCUT2D eigenvalue weighted by molar-refractivity contribution is -0.114. The van der Waals surface area contributed by atoms with E-state index in [1.807, 2.05) is 32.0 Å². The number of aryl methyl sites for hydroxylation is 2. The minimum atomic E-state index is -0.0818. The van der Waals surface area contributed by atoms with E-state index in [0.717, 1.165) is 39.0 Å². The fraction of sp³-hybridized carbons (Fsp3) is 0.286. The highest BCUT2D eigenvalue weighted by atomic mass is 32.1. The highest BCUT2D eigenvalue weighted by molar-refractivity contribution is 7.19. The molecule has 2 aromatic heterocycles. The molecular formula is C14H15N5OS. The molecule has 0 spiro atoms. The number of anilines is 1. The van der Waals surface area contributed by atoms with Gasteiger partial charge in [0.2, 0.25) is 10.9 Å². The van der Waals surface area contributed by atoms with Gasteiger partial charge in [0.05, 0.1) is 0 Å². The molecule has 0 unspecified atom stereocenters. The number of hydrogen-bond acceptors (Lipinski definition) is 5. The Morgan fingerprint density at radius 3 is 2.90 bits per heavy atom. The number of fused-ring (bicyclic) bond motifs is 1. The Hall–Kier alpha value is -2.28. The van der Waals surface area contributed by atoms with Crippen molar-refractivity contribution in [3.05, 3.63) is 29.6 Å². The number of nitrogens with one attached hydrogen (secondary N) is 1.